The van der Waals surface area contributed by atoms with Gasteiger partial charge in [-0.1, -0.05) is 266 Å². The zero-order chi connectivity index (χ0) is 44.9. The highest BCUT2D eigenvalue weighted by atomic mass is 16.5. The van der Waals surface area contributed by atoms with Crippen molar-refractivity contribution in [2.45, 2.75) is 273 Å². The minimum Gasteiger partial charge on any atom is -0.478 e. The number of hydrogen-bond acceptors (Lipinski definition) is 5. The highest BCUT2D eigenvalue weighted by Crippen LogP contribution is 2.15. The maximum atomic E-state index is 11.2. The number of unbranched alkanes of at least 4 members (excludes halogenated alkanes) is 33. The summed E-state index contributed by atoms with van der Waals surface area (Å²) in [4.78, 5) is 31.3. The lowest BCUT2D eigenvalue weighted by atomic mass is 10.0. The number of hydrogen-bond donors (Lipinski definition) is 1. The van der Waals surface area contributed by atoms with Crippen molar-refractivity contribution in [1.29, 1.82) is 0 Å². The van der Waals surface area contributed by atoms with Crippen LogP contribution in [0.3, 0.4) is 0 Å². The number of esters is 2. The van der Waals surface area contributed by atoms with E-state index in [1.54, 1.807) is 13.8 Å². The van der Waals surface area contributed by atoms with Crippen LogP contribution in [0.15, 0.2) is 37.0 Å². The Labute approximate surface area is 368 Å². The van der Waals surface area contributed by atoms with E-state index in [-0.39, 0.29) is 11.9 Å². The van der Waals surface area contributed by atoms with Crippen LogP contribution in [0.5, 0.6) is 0 Å². The third-order valence-electron chi connectivity index (χ3n) is 10.3. The lowest BCUT2D eigenvalue weighted by Crippen LogP contribution is -2.05. The SMILES string of the molecule is C=C(C)C(=O)OCCCCCC.C=C(C)C(=O)OCCCCCCCCCCCCCCCCCC.C=CC(=O)O.CCCCCCCCCCCCCCCCCC. The third-order valence-corrected chi connectivity index (χ3v) is 10.3. The van der Waals surface area contributed by atoms with Crippen LogP contribution in [0.4, 0.5) is 0 Å². The van der Waals surface area contributed by atoms with Crippen LogP contribution in [0.2, 0.25) is 0 Å². The predicted octanol–water partition coefficient (Wildman–Crippen LogP) is 17.6. The van der Waals surface area contributed by atoms with Crippen molar-refractivity contribution in [1.82, 2.24) is 0 Å². The van der Waals surface area contributed by atoms with E-state index in [9.17, 15) is 14.4 Å². The molecule has 6 nitrogen and oxygen atoms in total. The molecule has 6 heteroatoms. The van der Waals surface area contributed by atoms with Gasteiger partial charge in [-0.25, -0.2) is 14.4 Å². The number of carboxylic acid groups (broad SMARTS) is 1. The Hall–Kier alpha value is -2.37. The first-order chi connectivity index (χ1) is 28.5. The van der Waals surface area contributed by atoms with Gasteiger partial charge in [-0.2, -0.15) is 0 Å². The second-order valence-electron chi connectivity index (χ2n) is 16.7. The molecule has 0 heterocycles. The van der Waals surface area contributed by atoms with E-state index < -0.39 is 5.97 Å². The first kappa shape index (κ1) is 63.3. The smallest absolute Gasteiger partial charge is 0.333 e. The fraction of sp³-hybridized carbons (Fsp3) is 0.830. The predicted molar refractivity (Wildman–Crippen MR) is 258 cm³/mol. The first-order valence-corrected chi connectivity index (χ1v) is 25.1. The summed E-state index contributed by atoms with van der Waals surface area (Å²) in [5.74, 6) is -1.51. The van der Waals surface area contributed by atoms with Gasteiger partial charge in [0.15, 0.2) is 0 Å². The van der Waals surface area contributed by atoms with E-state index >= 15 is 0 Å². The topological polar surface area (TPSA) is 89.9 Å². The second-order valence-corrected chi connectivity index (χ2v) is 16.7. The van der Waals surface area contributed by atoms with E-state index in [4.69, 9.17) is 14.6 Å². The Balaban J connectivity index is -0.000000379. The summed E-state index contributed by atoms with van der Waals surface area (Å²) in [5.41, 5.74) is 0.969. The van der Waals surface area contributed by atoms with Crippen molar-refractivity contribution in [2.24, 2.45) is 0 Å². The number of aliphatic carboxylic acids is 1. The Kier molecular flexibility index (Phi) is 61.9. The molecule has 59 heavy (non-hydrogen) atoms. The zero-order valence-electron chi connectivity index (χ0n) is 40.6. The molecular weight excluding hydrogens is 733 g/mol. The molecule has 0 bridgehead atoms. The van der Waals surface area contributed by atoms with Gasteiger partial charge in [0.1, 0.15) is 0 Å². The fourth-order valence-electron chi connectivity index (χ4n) is 6.38. The van der Waals surface area contributed by atoms with Crippen molar-refractivity contribution in [2.75, 3.05) is 13.2 Å². The van der Waals surface area contributed by atoms with Crippen LogP contribution in [-0.4, -0.2) is 36.2 Å². The average Bonchev–Trinajstić information content (AvgIpc) is 3.22. The summed E-state index contributed by atoms with van der Waals surface area (Å²) in [6, 6.07) is 0. The fourth-order valence-corrected chi connectivity index (χ4v) is 6.38. The van der Waals surface area contributed by atoms with E-state index in [1.165, 1.54) is 212 Å². The zero-order valence-corrected chi connectivity index (χ0v) is 40.6. The quantitative estimate of drug-likeness (QED) is 0.0376. The number of carbonyl (C=O) groups is 3. The number of ether oxygens (including phenoxy) is 2. The van der Waals surface area contributed by atoms with Gasteiger partial charge in [-0.15, -0.1) is 0 Å². The molecule has 0 saturated carbocycles. The van der Waals surface area contributed by atoms with Crippen LogP contribution in [0.25, 0.3) is 0 Å². The Morgan fingerprint density at radius 2 is 0.525 bits per heavy atom. The highest BCUT2D eigenvalue weighted by molar-refractivity contribution is 5.87. The van der Waals surface area contributed by atoms with E-state index in [0.717, 1.165) is 25.3 Å². The molecule has 0 aliphatic heterocycles. The van der Waals surface area contributed by atoms with Gasteiger partial charge >= 0.3 is 17.9 Å². The summed E-state index contributed by atoms with van der Waals surface area (Å²) in [7, 11) is 0. The Morgan fingerprint density at radius 3 is 0.678 bits per heavy atom. The summed E-state index contributed by atoms with van der Waals surface area (Å²) in [6.45, 7) is 23.5. The Bertz CT molecular complexity index is 894. The minimum absolute atomic E-state index is 0.254. The number of carboxylic acids is 1. The van der Waals surface area contributed by atoms with Crippen LogP contribution in [-0.2, 0) is 23.9 Å². The molecule has 0 rings (SSSR count). The van der Waals surface area contributed by atoms with Crippen LogP contribution < -0.4 is 0 Å². The van der Waals surface area contributed by atoms with E-state index in [2.05, 4.69) is 47.4 Å². The number of carbonyl (C=O) groups excluding carboxylic acids is 2. The first-order valence-electron chi connectivity index (χ1n) is 25.1. The largest absolute Gasteiger partial charge is 0.478 e. The third kappa shape index (κ3) is 67.7. The van der Waals surface area contributed by atoms with Crippen molar-refractivity contribution in [3.63, 3.8) is 0 Å². The van der Waals surface area contributed by atoms with Gasteiger partial charge in [0.2, 0.25) is 0 Å². The minimum atomic E-state index is -0.981. The van der Waals surface area contributed by atoms with Gasteiger partial charge in [0.05, 0.1) is 13.2 Å². The molecule has 0 unspecified atom stereocenters. The standard InChI is InChI=1S/C22H42O2.C18H38.C10H18O2.C3H4O2/c1-4-5-6-7-8-9-10-11-12-13-14-15-16-17-18-19-20-24-22(23)21(2)3;1-3-5-7-9-11-13-15-17-18-16-14-12-10-8-6-4-2;1-4-5-6-7-8-12-10(11)9(2)3;1-2-3(4)5/h2,4-20H2,1,3H3;3-18H2,1-2H3;2,4-8H2,1,3H3;2H,1H2,(H,4,5). The van der Waals surface area contributed by atoms with Gasteiger partial charge in [-0.05, 0) is 26.7 Å². The summed E-state index contributed by atoms with van der Waals surface area (Å²) in [6.07, 6.45) is 50.5. The maximum absolute atomic E-state index is 11.2. The summed E-state index contributed by atoms with van der Waals surface area (Å²) < 4.78 is 10.00. The maximum Gasteiger partial charge on any atom is 0.333 e. The summed E-state index contributed by atoms with van der Waals surface area (Å²) >= 11 is 0. The van der Waals surface area contributed by atoms with Crippen LogP contribution in [0.1, 0.15) is 273 Å². The van der Waals surface area contributed by atoms with E-state index in [0.29, 0.717) is 24.4 Å². The molecule has 0 aromatic heterocycles. The monoisotopic (exact) mass is 835 g/mol. The number of rotatable bonds is 40. The normalized spacial score (nSPS) is 10.2. The van der Waals surface area contributed by atoms with Crippen molar-refractivity contribution < 1.29 is 29.0 Å². The molecule has 0 aliphatic carbocycles. The molecule has 0 aromatic rings. The van der Waals surface area contributed by atoms with Gasteiger partial charge in [-0.3, -0.25) is 0 Å². The lowest BCUT2D eigenvalue weighted by Gasteiger charge is -2.05. The highest BCUT2D eigenvalue weighted by Gasteiger charge is 2.03. The second kappa shape index (κ2) is 57.7. The summed E-state index contributed by atoms with van der Waals surface area (Å²) in [5, 5.41) is 7.60. The molecule has 0 amide bonds. The molecule has 0 atom stereocenters. The molecule has 0 aromatic carbocycles. The van der Waals surface area contributed by atoms with Crippen LogP contribution >= 0.6 is 0 Å². The molecule has 1 N–H and O–H groups in total. The van der Waals surface area contributed by atoms with Crippen molar-refractivity contribution in [3.05, 3.63) is 37.0 Å². The van der Waals surface area contributed by atoms with E-state index in [1.807, 2.05) is 0 Å². The van der Waals surface area contributed by atoms with Crippen molar-refractivity contribution in [3.8, 4) is 0 Å². The van der Waals surface area contributed by atoms with Gasteiger partial charge in [0.25, 0.3) is 0 Å². The van der Waals surface area contributed by atoms with Gasteiger partial charge < -0.3 is 14.6 Å². The molecular formula is C53H102O6. The van der Waals surface area contributed by atoms with Crippen molar-refractivity contribution >= 4 is 17.9 Å². The molecule has 0 radical (unpaired) electrons. The molecule has 0 saturated heterocycles. The average molecular weight is 835 g/mol. The van der Waals surface area contributed by atoms with Crippen LogP contribution in [0, 0.1) is 0 Å². The Morgan fingerprint density at radius 1 is 0.373 bits per heavy atom. The molecule has 0 aliphatic rings. The molecule has 0 fully saturated rings. The molecule has 350 valence electrons. The lowest BCUT2D eigenvalue weighted by molar-refractivity contribution is -0.139. The van der Waals surface area contributed by atoms with Gasteiger partial charge in [0, 0.05) is 17.2 Å². The molecule has 0 spiro atoms.